The molecule has 0 aliphatic carbocycles. The molecule has 0 unspecified atom stereocenters. The van der Waals surface area contributed by atoms with Crippen LogP contribution in [-0.4, -0.2) is 14.1 Å². The first-order chi connectivity index (χ1) is 9.57. The van der Waals surface area contributed by atoms with E-state index in [-0.39, 0.29) is 12.4 Å². The van der Waals surface area contributed by atoms with E-state index in [0.717, 1.165) is 4.48 Å². The lowest BCUT2D eigenvalue weighted by Gasteiger charge is -2.26. The monoisotopic (exact) mass is 301 g/mol. The molecule has 1 nitrogen and oxygen atoms in total. The van der Waals surface area contributed by atoms with Crippen LogP contribution in [0.5, 0.6) is 0 Å². The third-order valence-corrected chi connectivity index (χ3v) is 4.87. The van der Waals surface area contributed by atoms with Gasteiger partial charge in [-0.2, -0.15) is 0 Å². The summed E-state index contributed by atoms with van der Waals surface area (Å²) >= 11 is 0. The van der Waals surface area contributed by atoms with E-state index >= 15 is 0 Å². The summed E-state index contributed by atoms with van der Waals surface area (Å²) in [6, 6.07) is 13.4. The maximum Gasteiger partial charge on any atom is 0.145 e. The maximum atomic E-state index is 2.32. The molecule has 0 radical (unpaired) electrons. The molecule has 1 aliphatic rings. The molecule has 21 heavy (non-hydrogen) atoms. The molecule has 0 fully saturated rings. The Morgan fingerprint density at radius 3 is 2.43 bits per heavy atom. The molecule has 0 saturated carbocycles. The summed E-state index contributed by atoms with van der Waals surface area (Å²) in [6.45, 7) is 4.58. The third kappa shape index (κ3) is 2.39. The lowest BCUT2D eigenvalue weighted by atomic mass is 9.95. The molecule has 1 heterocycles. The van der Waals surface area contributed by atoms with Crippen LogP contribution in [0.15, 0.2) is 42.1 Å². The molecule has 0 atom stereocenters. The Kier molecular flexibility index (Phi) is 4.46. The number of rotatable bonds is 3. The van der Waals surface area contributed by atoms with Crippen LogP contribution < -0.4 is 16.9 Å². The van der Waals surface area contributed by atoms with Crippen molar-refractivity contribution >= 4 is 22.0 Å². The summed E-state index contributed by atoms with van der Waals surface area (Å²) in [7, 11) is 4.61. The average Bonchev–Trinajstić information content (AvgIpc) is 2.65. The van der Waals surface area contributed by atoms with E-state index in [1.165, 1.54) is 47.0 Å². The van der Waals surface area contributed by atoms with Gasteiger partial charge in [0.2, 0.25) is 0 Å². The van der Waals surface area contributed by atoms with Crippen molar-refractivity contribution in [3.8, 4) is 0 Å². The van der Waals surface area contributed by atoms with Crippen molar-refractivity contribution in [1.29, 1.82) is 0 Å². The first kappa shape index (κ1) is 16.1. The number of allylic oxidation sites excluding steroid dienone is 2. The van der Waals surface area contributed by atoms with Gasteiger partial charge >= 0.3 is 0 Å². The largest absolute Gasteiger partial charge is 1.00 e. The van der Waals surface area contributed by atoms with Crippen molar-refractivity contribution in [3.63, 3.8) is 0 Å². The molecular formula is C19H24ClN. The first-order valence-corrected chi connectivity index (χ1v) is 7.64. The molecule has 0 bridgehead atoms. The lowest BCUT2D eigenvalue weighted by Crippen LogP contribution is -3.00. The summed E-state index contributed by atoms with van der Waals surface area (Å²) in [4.78, 5) is 0. The second kappa shape index (κ2) is 5.82. The Labute approximate surface area is 134 Å². The molecule has 1 aliphatic heterocycles. The molecule has 3 rings (SSSR count). The highest BCUT2D eigenvalue weighted by Gasteiger charge is 2.37. The van der Waals surface area contributed by atoms with Gasteiger partial charge in [0.1, 0.15) is 11.4 Å². The van der Waals surface area contributed by atoms with Gasteiger partial charge in [-0.25, -0.2) is 0 Å². The number of quaternary nitrogens is 1. The van der Waals surface area contributed by atoms with Crippen molar-refractivity contribution in [2.75, 3.05) is 14.1 Å². The van der Waals surface area contributed by atoms with E-state index in [1.54, 1.807) is 5.57 Å². The molecule has 2 heteroatoms. The van der Waals surface area contributed by atoms with Crippen LogP contribution in [0.3, 0.4) is 0 Å². The molecule has 0 spiro atoms. The number of hydrogen-bond acceptors (Lipinski definition) is 0. The van der Waals surface area contributed by atoms with E-state index in [2.05, 4.69) is 64.3 Å². The number of unbranched alkanes of at least 4 members (excludes halogenated alkanes) is 1. The third-order valence-electron chi connectivity index (χ3n) is 4.87. The van der Waals surface area contributed by atoms with Gasteiger partial charge in [0.15, 0.2) is 0 Å². The van der Waals surface area contributed by atoms with Crippen LogP contribution in [0, 0.1) is 0 Å². The molecule has 0 saturated heterocycles. The molecular weight excluding hydrogens is 278 g/mol. The van der Waals surface area contributed by atoms with Crippen molar-refractivity contribution in [2.24, 2.45) is 0 Å². The van der Waals surface area contributed by atoms with Gasteiger partial charge in [-0.3, -0.25) is 4.48 Å². The van der Waals surface area contributed by atoms with Crippen molar-refractivity contribution in [1.82, 2.24) is 4.48 Å². The van der Waals surface area contributed by atoms with Gasteiger partial charge in [0, 0.05) is 18.6 Å². The van der Waals surface area contributed by atoms with E-state index in [1.807, 2.05) is 0 Å². The molecule has 2 aromatic carbocycles. The quantitative estimate of drug-likeness (QED) is 0.764. The first-order valence-electron chi connectivity index (χ1n) is 7.64. The molecule has 0 aromatic heterocycles. The van der Waals surface area contributed by atoms with Gasteiger partial charge in [-0.1, -0.05) is 37.6 Å². The van der Waals surface area contributed by atoms with E-state index in [9.17, 15) is 0 Å². The minimum Gasteiger partial charge on any atom is -1.00 e. The topological polar surface area (TPSA) is 0 Å². The standard InChI is InChI=1S/C19H24N.ClH/c1-5-6-10-16-14(2)20(3,4)18-13-12-15-9-7-8-11-17(15)19(16)18;/h7-9,11-13H,5-6,10H2,1-4H3;1H/q+1;/p-1. The van der Waals surface area contributed by atoms with Crippen LogP contribution in [0.2, 0.25) is 0 Å². The Hall–Kier alpha value is -1.31. The van der Waals surface area contributed by atoms with E-state index < -0.39 is 0 Å². The van der Waals surface area contributed by atoms with Crippen molar-refractivity contribution in [3.05, 3.63) is 47.7 Å². The summed E-state index contributed by atoms with van der Waals surface area (Å²) < 4.78 is 0.902. The van der Waals surface area contributed by atoms with Crippen molar-refractivity contribution in [2.45, 2.75) is 33.1 Å². The smallest absolute Gasteiger partial charge is 0.145 e. The summed E-state index contributed by atoms with van der Waals surface area (Å²) in [5.74, 6) is 0. The molecule has 0 amide bonds. The van der Waals surface area contributed by atoms with Gasteiger partial charge in [0.05, 0.1) is 19.7 Å². The molecule has 112 valence electrons. The van der Waals surface area contributed by atoms with Crippen molar-refractivity contribution < 1.29 is 12.4 Å². The SMILES string of the molecule is CCCCC1=C(C)[N+](C)(C)c2ccc3ccccc3c21.[Cl-]. The second-order valence-electron chi connectivity index (χ2n) is 6.30. The zero-order valence-electron chi connectivity index (χ0n) is 13.4. The predicted octanol–water partition coefficient (Wildman–Crippen LogP) is 2.35. The minimum atomic E-state index is 0. The Bertz CT molecular complexity index is 698. The van der Waals surface area contributed by atoms with Crippen LogP contribution in [0.1, 0.15) is 38.7 Å². The number of hydrogen-bond donors (Lipinski definition) is 0. The Morgan fingerprint density at radius 1 is 1.00 bits per heavy atom. The van der Waals surface area contributed by atoms with Gasteiger partial charge in [0.25, 0.3) is 0 Å². The van der Waals surface area contributed by atoms with E-state index in [0.29, 0.717) is 0 Å². The fraction of sp³-hybridized carbons (Fsp3) is 0.368. The fourth-order valence-electron chi connectivity index (χ4n) is 3.40. The predicted molar refractivity (Wildman–Crippen MR) is 89.7 cm³/mol. The van der Waals surface area contributed by atoms with Gasteiger partial charge < -0.3 is 12.4 Å². The number of fused-ring (bicyclic) bond motifs is 3. The zero-order chi connectivity index (χ0) is 14.3. The normalized spacial score (nSPS) is 16.0. The minimum absolute atomic E-state index is 0. The summed E-state index contributed by atoms with van der Waals surface area (Å²) in [6.07, 6.45) is 3.73. The van der Waals surface area contributed by atoms with E-state index in [4.69, 9.17) is 0 Å². The number of nitrogens with zero attached hydrogens (tertiary/aromatic N) is 1. The highest BCUT2D eigenvalue weighted by molar-refractivity contribution is 6.02. The maximum absolute atomic E-state index is 2.32. The van der Waals surface area contributed by atoms with Crippen LogP contribution >= 0.6 is 0 Å². The average molecular weight is 302 g/mol. The van der Waals surface area contributed by atoms with Gasteiger partial charge in [-0.05, 0) is 29.7 Å². The van der Waals surface area contributed by atoms with Crippen LogP contribution in [-0.2, 0) is 0 Å². The Balaban J connectivity index is 0.00000161. The fourth-order valence-corrected chi connectivity index (χ4v) is 3.40. The second-order valence-corrected chi connectivity index (χ2v) is 6.30. The summed E-state index contributed by atoms with van der Waals surface area (Å²) in [5.41, 5.74) is 6.03. The number of halogens is 1. The lowest BCUT2D eigenvalue weighted by molar-refractivity contribution is -0.00000418. The highest BCUT2D eigenvalue weighted by atomic mass is 35.5. The van der Waals surface area contributed by atoms with Crippen LogP contribution in [0.25, 0.3) is 16.3 Å². The molecule has 0 N–H and O–H groups in total. The number of benzene rings is 2. The zero-order valence-corrected chi connectivity index (χ0v) is 14.2. The molecule has 2 aromatic rings. The van der Waals surface area contributed by atoms with Crippen LogP contribution in [0.4, 0.5) is 5.69 Å². The van der Waals surface area contributed by atoms with Gasteiger partial charge in [-0.15, -0.1) is 0 Å². The Morgan fingerprint density at radius 2 is 1.71 bits per heavy atom. The summed E-state index contributed by atoms with van der Waals surface area (Å²) in [5, 5.41) is 2.77. The highest BCUT2D eigenvalue weighted by Crippen LogP contribution is 2.47.